The van der Waals surface area contributed by atoms with Crippen LogP contribution in [0.3, 0.4) is 0 Å². The van der Waals surface area contributed by atoms with E-state index in [1.165, 1.54) is 0 Å². The number of benzene rings is 3. The lowest BCUT2D eigenvalue weighted by Crippen LogP contribution is -2.11. The minimum Gasteiger partial charge on any atom is -0.338 e. The molecular formula is C20H18ClO2S+. The van der Waals surface area contributed by atoms with Gasteiger partial charge in [-0.05, 0) is 48.5 Å². The van der Waals surface area contributed by atoms with Crippen molar-refractivity contribution in [2.75, 3.05) is 0 Å². The van der Waals surface area contributed by atoms with Crippen molar-refractivity contribution < 1.29 is 8.98 Å². The summed E-state index contributed by atoms with van der Waals surface area (Å²) in [4.78, 5) is 13.0. The molecule has 3 aromatic carbocycles. The number of carbonyl (C=O) groups excluding carboxylic acids is 1. The zero-order chi connectivity index (χ0) is 17.0. The van der Waals surface area contributed by atoms with Crippen LogP contribution in [0.5, 0.6) is 0 Å². The summed E-state index contributed by atoms with van der Waals surface area (Å²) in [7, 11) is -2.09. The van der Waals surface area contributed by atoms with Crippen molar-refractivity contribution in [2.24, 2.45) is 0 Å². The second-order valence-electron chi connectivity index (χ2n) is 5.24. The fourth-order valence-corrected chi connectivity index (χ4v) is 5.78. The van der Waals surface area contributed by atoms with Gasteiger partial charge in [-0.25, -0.2) is 0 Å². The van der Waals surface area contributed by atoms with Crippen molar-refractivity contribution >= 4 is 27.9 Å². The largest absolute Gasteiger partial charge is 0.492 e. The molecular weight excluding hydrogens is 340 g/mol. The van der Waals surface area contributed by atoms with Gasteiger partial charge in [-0.15, -0.1) is 0 Å². The van der Waals surface area contributed by atoms with Gasteiger partial charge in [-0.1, -0.05) is 48.0 Å². The van der Waals surface area contributed by atoms with E-state index >= 15 is 0 Å². The van der Waals surface area contributed by atoms with Crippen LogP contribution in [-0.4, -0.2) is 10.8 Å². The molecule has 0 spiro atoms. The standard InChI is InChI=1S/C20H17ClO2S/c1-16(22)23-24(18-8-4-2-5-9-18,19-10-6-3-7-11-19)20-14-12-17(21)13-15-20/h2-15H,1H3/p+1. The third kappa shape index (κ3) is 3.18. The summed E-state index contributed by atoms with van der Waals surface area (Å²) < 4.78 is 6.15. The molecule has 2 nitrogen and oxygen atoms in total. The zero-order valence-corrected chi connectivity index (χ0v) is 14.8. The molecule has 0 radical (unpaired) electrons. The van der Waals surface area contributed by atoms with E-state index in [0.29, 0.717) is 5.02 Å². The smallest absolute Gasteiger partial charge is 0.338 e. The van der Waals surface area contributed by atoms with Gasteiger partial charge in [-0.2, -0.15) is 0 Å². The highest BCUT2D eigenvalue weighted by molar-refractivity contribution is 8.30. The number of hydrogen-bond acceptors (Lipinski definition) is 1. The predicted molar refractivity (Wildman–Crippen MR) is 100 cm³/mol. The lowest BCUT2D eigenvalue weighted by atomic mass is 10.4. The quantitative estimate of drug-likeness (QED) is 0.521. The molecule has 0 atom stereocenters. The van der Waals surface area contributed by atoms with Crippen molar-refractivity contribution in [3.8, 4) is 0 Å². The Morgan fingerprint density at radius 3 is 1.58 bits per heavy atom. The van der Waals surface area contributed by atoms with E-state index in [1.807, 2.05) is 84.9 Å². The monoisotopic (exact) mass is 357 g/mol. The molecule has 1 N–H and O–H groups in total. The number of halogens is 1. The SMILES string of the molecule is CC(=[OH+])OS(c1ccccc1)(c1ccccc1)c1ccc(Cl)cc1. The molecule has 0 saturated heterocycles. The van der Waals surface area contributed by atoms with Gasteiger partial charge < -0.3 is 4.79 Å². The summed E-state index contributed by atoms with van der Waals surface area (Å²) in [6.07, 6.45) is 0. The van der Waals surface area contributed by atoms with Gasteiger partial charge in [0.25, 0.3) is 0 Å². The second-order valence-corrected chi connectivity index (χ2v) is 8.37. The van der Waals surface area contributed by atoms with Crippen LogP contribution in [-0.2, 0) is 4.18 Å². The third-order valence-electron chi connectivity index (χ3n) is 3.54. The Labute approximate surface area is 148 Å². The van der Waals surface area contributed by atoms with Gasteiger partial charge in [0.2, 0.25) is 0 Å². The maximum absolute atomic E-state index is 10.0. The van der Waals surface area contributed by atoms with Crippen LogP contribution in [0.4, 0.5) is 0 Å². The lowest BCUT2D eigenvalue weighted by molar-refractivity contribution is 0.496. The molecule has 24 heavy (non-hydrogen) atoms. The first kappa shape index (κ1) is 16.6. The van der Waals surface area contributed by atoms with E-state index in [1.54, 1.807) is 6.92 Å². The first-order valence-electron chi connectivity index (χ1n) is 7.54. The zero-order valence-electron chi connectivity index (χ0n) is 13.2. The highest BCUT2D eigenvalue weighted by atomic mass is 35.5. The molecule has 0 fully saturated rings. The average Bonchev–Trinajstić information content (AvgIpc) is 2.62. The Kier molecular flexibility index (Phi) is 4.93. The van der Waals surface area contributed by atoms with Crippen LogP contribution in [0.25, 0.3) is 0 Å². The molecule has 3 aromatic rings. The Morgan fingerprint density at radius 2 is 1.17 bits per heavy atom. The van der Waals surface area contributed by atoms with E-state index in [0.717, 1.165) is 14.7 Å². The van der Waals surface area contributed by atoms with Crippen LogP contribution in [0.15, 0.2) is 99.6 Å². The first-order valence-corrected chi connectivity index (χ1v) is 9.47. The van der Waals surface area contributed by atoms with E-state index < -0.39 is 10.3 Å². The van der Waals surface area contributed by atoms with E-state index in [9.17, 15) is 4.79 Å². The molecule has 0 aromatic heterocycles. The van der Waals surface area contributed by atoms with E-state index in [2.05, 4.69) is 0 Å². The Morgan fingerprint density at radius 1 is 0.750 bits per heavy atom. The summed E-state index contributed by atoms with van der Waals surface area (Å²) in [6, 6.07) is 27.6. The molecule has 0 bridgehead atoms. The minimum absolute atomic E-state index is 0.0624. The summed E-state index contributed by atoms with van der Waals surface area (Å²) in [5.41, 5.74) is 0. The molecule has 0 unspecified atom stereocenters. The maximum Gasteiger partial charge on any atom is 0.492 e. The van der Waals surface area contributed by atoms with Crippen LogP contribution in [0.2, 0.25) is 5.02 Å². The summed E-state index contributed by atoms with van der Waals surface area (Å²) in [5.74, 6) is -0.0624. The maximum atomic E-state index is 10.0. The highest BCUT2D eigenvalue weighted by Crippen LogP contribution is 2.69. The molecule has 3 rings (SSSR count). The number of rotatable bonds is 4. The molecule has 0 heterocycles. The van der Waals surface area contributed by atoms with Crippen molar-refractivity contribution in [3.05, 3.63) is 90.0 Å². The summed E-state index contributed by atoms with van der Waals surface area (Å²) >= 11 is 6.07. The van der Waals surface area contributed by atoms with Crippen molar-refractivity contribution in [3.63, 3.8) is 0 Å². The van der Waals surface area contributed by atoms with Crippen LogP contribution >= 0.6 is 21.9 Å². The molecule has 4 heteroatoms. The molecule has 0 amide bonds. The topological polar surface area (TPSA) is 30.6 Å². The van der Waals surface area contributed by atoms with Crippen LogP contribution in [0.1, 0.15) is 6.92 Å². The van der Waals surface area contributed by atoms with E-state index in [4.69, 9.17) is 15.8 Å². The lowest BCUT2D eigenvalue weighted by Gasteiger charge is -2.32. The molecule has 0 aliphatic carbocycles. The fourth-order valence-electron chi connectivity index (χ4n) is 2.58. The van der Waals surface area contributed by atoms with Gasteiger partial charge in [0, 0.05) is 5.02 Å². The normalized spacial score (nSPS) is 11.8. The molecule has 0 aliphatic rings. The van der Waals surface area contributed by atoms with Crippen molar-refractivity contribution in [1.29, 1.82) is 0 Å². The summed E-state index contributed by atoms with van der Waals surface area (Å²) in [5, 5.41) is 0.665. The highest BCUT2D eigenvalue weighted by Gasteiger charge is 2.40. The van der Waals surface area contributed by atoms with Gasteiger partial charge >= 0.3 is 5.97 Å². The molecule has 0 saturated carbocycles. The van der Waals surface area contributed by atoms with Crippen molar-refractivity contribution in [1.82, 2.24) is 0 Å². The second kappa shape index (κ2) is 7.12. The fraction of sp³-hybridized carbons (Fsp3) is 0.0500. The van der Waals surface area contributed by atoms with Crippen LogP contribution < -0.4 is 0 Å². The Hall–Kier alpha value is -2.23. The summed E-state index contributed by atoms with van der Waals surface area (Å²) in [6.45, 7) is 1.56. The van der Waals surface area contributed by atoms with Gasteiger partial charge in [0.05, 0.1) is 31.9 Å². The minimum atomic E-state index is -2.09. The number of hydrogen-bond donors (Lipinski definition) is 0. The van der Waals surface area contributed by atoms with Crippen LogP contribution in [0, 0.1) is 0 Å². The third-order valence-corrected chi connectivity index (χ3v) is 7.09. The average molecular weight is 358 g/mol. The Balaban J connectivity index is 2.32. The van der Waals surface area contributed by atoms with Gasteiger partial charge in [0.15, 0.2) is 0 Å². The van der Waals surface area contributed by atoms with E-state index in [-0.39, 0.29) is 5.97 Å². The first-order chi connectivity index (χ1) is 11.6. The molecule has 122 valence electrons. The van der Waals surface area contributed by atoms with Gasteiger partial charge in [-0.3, -0.25) is 4.18 Å². The van der Waals surface area contributed by atoms with Gasteiger partial charge in [0.1, 0.15) is 0 Å². The molecule has 0 aliphatic heterocycles. The Bertz CT molecular complexity index is 778. The predicted octanol–water partition coefficient (Wildman–Crippen LogP) is 6.08. The van der Waals surface area contributed by atoms with Crippen molar-refractivity contribution in [2.45, 2.75) is 21.6 Å².